The van der Waals surface area contributed by atoms with Crippen molar-refractivity contribution in [2.75, 3.05) is 18.5 Å². The zero-order valence-electron chi connectivity index (χ0n) is 8.75. The average Bonchev–Trinajstić information content (AvgIpc) is 2.32. The Hall–Kier alpha value is -0.580. The van der Waals surface area contributed by atoms with Crippen molar-refractivity contribution in [3.05, 3.63) is 16.5 Å². The third-order valence-electron chi connectivity index (χ3n) is 2.49. The van der Waals surface area contributed by atoms with Crippen molar-refractivity contribution in [3.8, 4) is 0 Å². The van der Waals surface area contributed by atoms with Crippen molar-refractivity contribution in [1.82, 2.24) is 9.97 Å². The Bertz CT molecular complexity index is 356. The van der Waals surface area contributed by atoms with Gasteiger partial charge in [0.15, 0.2) is 0 Å². The molecule has 1 unspecified atom stereocenters. The lowest BCUT2D eigenvalue weighted by Gasteiger charge is -2.23. The number of aromatic nitrogens is 2. The Kier molecular flexibility index (Phi) is 4.21. The lowest BCUT2D eigenvalue weighted by atomic mass is 10.1. The minimum absolute atomic E-state index is 0.191. The summed E-state index contributed by atoms with van der Waals surface area (Å²) >= 11 is 11.6. The van der Waals surface area contributed by atoms with Gasteiger partial charge in [-0.05, 0) is 30.9 Å². The molecule has 88 valence electrons. The highest BCUT2D eigenvalue weighted by Gasteiger charge is 2.14. The van der Waals surface area contributed by atoms with E-state index in [1.165, 1.54) is 12.6 Å². The molecule has 6 heteroatoms. The van der Waals surface area contributed by atoms with Gasteiger partial charge in [0.25, 0.3) is 0 Å². The molecule has 1 saturated heterocycles. The Morgan fingerprint density at radius 1 is 1.44 bits per heavy atom. The van der Waals surface area contributed by atoms with Crippen LogP contribution in [0.5, 0.6) is 0 Å². The van der Waals surface area contributed by atoms with E-state index >= 15 is 0 Å². The number of hydrogen-bond donors (Lipinski definition) is 1. The molecule has 0 bridgehead atoms. The number of hydrogen-bond acceptors (Lipinski definition) is 4. The van der Waals surface area contributed by atoms with Crippen LogP contribution in [0.1, 0.15) is 19.3 Å². The predicted molar refractivity (Wildman–Crippen MR) is 64.1 cm³/mol. The first-order valence-corrected chi connectivity index (χ1v) is 6.05. The lowest BCUT2D eigenvalue weighted by molar-refractivity contribution is 0.0247. The first-order chi connectivity index (χ1) is 7.75. The van der Waals surface area contributed by atoms with E-state index in [2.05, 4.69) is 15.3 Å². The Balaban J connectivity index is 1.90. The monoisotopic (exact) mass is 261 g/mol. The van der Waals surface area contributed by atoms with Crippen molar-refractivity contribution in [1.29, 1.82) is 0 Å². The van der Waals surface area contributed by atoms with Crippen LogP contribution in [0.15, 0.2) is 6.20 Å². The Labute approximate surface area is 104 Å². The van der Waals surface area contributed by atoms with Gasteiger partial charge >= 0.3 is 0 Å². The fourth-order valence-corrected chi connectivity index (χ4v) is 1.94. The number of rotatable bonds is 3. The first kappa shape index (κ1) is 11.9. The van der Waals surface area contributed by atoms with Crippen LogP contribution in [-0.4, -0.2) is 29.2 Å². The third-order valence-corrected chi connectivity index (χ3v) is 2.94. The number of halogens is 2. The Morgan fingerprint density at radius 2 is 2.31 bits per heavy atom. The molecule has 1 fully saturated rings. The van der Waals surface area contributed by atoms with Gasteiger partial charge in [0.1, 0.15) is 10.8 Å². The molecular formula is C10H13Cl2N3O. The maximum absolute atomic E-state index is 5.93. The fourth-order valence-electron chi connectivity index (χ4n) is 1.65. The summed E-state index contributed by atoms with van der Waals surface area (Å²) in [5.41, 5.74) is 0. The summed E-state index contributed by atoms with van der Waals surface area (Å²) in [6.45, 7) is 1.54. The number of nitrogens with zero attached hydrogens (tertiary/aromatic N) is 2. The molecule has 0 amide bonds. The van der Waals surface area contributed by atoms with Gasteiger partial charge in [-0.1, -0.05) is 11.6 Å². The zero-order valence-corrected chi connectivity index (χ0v) is 10.3. The van der Waals surface area contributed by atoms with Crippen LogP contribution in [0, 0.1) is 0 Å². The van der Waals surface area contributed by atoms with Crippen molar-refractivity contribution >= 4 is 29.0 Å². The van der Waals surface area contributed by atoms with Crippen LogP contribution < -0.4 is 5.32 Å². The van der Waals surface area contributed by atoms with E-state index in [-0.39, 0.29) is 11.4 Å². The highest BCUT2D eigenvalue weighted by Crippen LogP contribution is 2.20. The van der Waals surface area contributed by atoms with Gasteiger partial charge in [-0.2, -0.15) is 4.98 Å². The second-order valence-corrected chi connectivity index (χ2v) is 4.45. The van der Waals surface area contributed by atoms with Crippen LogP contribution in [0.4, 0.5) is 5.82 Å². The van der Waals surface area contributed by atoms with Crippen molar-refractivity contribution in [3.63, 3.8) is 0 Å². The van der Waals surface area contributed by atoms with Crippen LogP contribution in [-0.2, 0) is 4.74 Å². The summed E-state index contributed by atoms with van der Waals surface area (Å²) in [5.74, 6) is 0.566. The molecule has 0 saturated carbocycles. The first-order valence-electron chi connectivity index (χ1n) is 5.29. The standard InChI is InChI=1S/C10H13Cl2N3O/c11-8-6-14-10(12)15-9(8)13-5-7-3-1-2-4-16-7/h6-7H,1-5H2,(H,13,14,15). The summed E-state index contributed by atoms with van der Waals surface area (Å²) < 4.78 is 5.59. The summed E-state index contributed by atoms with van der Waals surface area (Å²) in [6, 6.07) is 0. The molecule has 1 aliphatic heterocycles. The smallest absolute Gasteiger partial charge is 0.224 e. The fraction of sp³-hybridized carbons (Fsp3) is 0.600. The summed E-state index contributed by atoms with van der Waals surface area (Å²) in [5, 5.41) is 3.79. The molecule has 1 atom stereocenters. The molecule has 0 aromatic carbocycles. The molecule has 0 spiro atoms. The van der Waals surface area contributed by atoms with E-state index < -0.39 is 0 Å². The van der Waals surface area contributed by atoms with E-state index in [1.807, 2.05) is 0 Å². The van der Waals surface area contributed by atoms with E-state index in [9.17, 15) is 0 Å². The molecule has 1 N–H and O–H groups in total. The Morgan fingerprint density at radius 3 is 3.06 bits per heavy atom. The number of anilines is 1. The maximum Gasteiger partial charge on any atom is 0.224 e. The van der Waals surface area contributed by atoms with Crippen LogP contribution >= 0.6 is 23.2 Å². The second-order valence-electron chi connectivity index (χ2n) is 3.71. The van der Waals surface area contributed by atoms with Crippen LogP contribution in [0.3, 0.4) is 0 Å². The molecular weight excluding hydrogens is 249 g/mol. The molecule has 1 aliphatic rings. The van der Waals surface area contributed by atoms with E-state index in [0.717, 1.165) is 19.4 Å². The maximum atomic E-state index is 5.93. The van der Waals surface area contributed by atoms with Gasteiger partial charge < -0.3 is 10.1 Å². The van der Waals surface area contributed by atoms with E-state index in [0.29, 0.717) is 17.4 Å². The van der Waals surface area contributed by atoms with Gasteiger partial charge in [-0.15, -0.1) is 0 Å². The highest BCUT2D eigenvalue weighted by atomic mass is 35.5. The van der Waals surface area contributed by atoms with Crippen molar-refractivity contribution in [2.24, 2.45) is 0 Å². The van der Waals surface area contributed by atoms with Gasteiger partial charge in [0, 0.05) is 13.2 Å². The molecule has 1 aromatic heterocycles. The van der Waals surface area contributed by atoms with E-state index in [4.69, 9.17) is 27.9 Å². The second kappa shape index (κ2) is 5.66. The van der Waals surface area contributed by atoms with Crippen molar-refractivity contribution in [2.45, 2.75) is 25.4 Å². The number of ether oxygens (including phenoxy) is 1. The number of nitrogens with one attached hydrogen (secondary N) is 1. The topological polar surface area (TPSA) is 47.0 Å². The molecule has 0 radical (unpaired) electrons. The quantitative estimate of drug-likeness (QED) is 0.851. The minimum Gasteiger partial charge on any atom is -0.376 e. The molecule has 2 rings (SSSR count). The zero-order chi connectivity index (χ0) is 11.4. The highest BCUT2D eigenvalue weighted by molar-refractivity contribution is 6.33. The summed E-state index contributed by atoms with van der Waals surface area (Å²) in [7, 11) is 0. The van der Waals surface area contributed by atoms with Gasteiger partial charge in [-0.3, -0.25) is 0 Å². The summed E-state index contributed by atoms with van der Waals surface area (Å²) in [6.07, 6.45) is 5.16. The molecule has 2 heterocycles. The average molecular weight is 262 g/mol. The summed E-state index contributed by atoms with van der Waals surface area (Å²) in [4.78, 5) is 7.80. The van der Waals surface area contributed by atoms with E-state index in [1.54, 1.807) is 0 Å². The lowest BCUT2D eigenvalue weighted by Crippen LogP contribution is -2.27. The minimum atomic E-state index is 0.191. The largest absolute Gasteiger partial charge is 0.376 e. The van der Waals surface area contributed by atoms with Crippen LogP contribution in [0.2, 0.25) is 10.3 Å². The SMILES string of the molecule is Clc1ncc(Cl)c(NCC2CCCCO2)n1. The van der Waals surface area contributed by atoms with Gasteiger partial charge in [-0.25, -0.2) is 4.98 Å². The molecule has 16 heavy (non-hydrogen) atoms. The van der Waals surface area contributed by atoms with Gasteiger partial charge in [0.2, 0.25) is 5.28 Å². The van der Waals surface area contributed by atoms with Gasteiger partial charge in [0.05, 0.1) is 12.3 Å². The molecule has 0 aliphatic carbocycles. The normalized spacial score (nSPS) is 20.8. The predicted octanol–water partition coefficient (Wildman–Crippen LogP) is 2.76. The third kappa shape index (κ3) is 3.20. The molecule has 4 nitrogen and oxygen atoms in total. The van der Waals surface area contributed by atoms with Crippen LogP contribution in [0.25, 0.3) is 0 Å². The molecule has 1 aromatic rings. The van der Waals surface area contributed by atoms with Crippen molar-refractivity contribution < 1.29 is 4.74 Å².